The van der Waals surface area contributed by atoms with Gasteiger partial charge in [0.05, 0.1) is 15.7 Å². The minimum absolute atomic E-state index is 0.0347. The molecule has 2 aromatic rings. The lowest BCUT2D eigenvalue weighted by atomic mass is 10.2. The van der Waals surface area contributed by atoms with Crippen LogP contribution in [0.3, 0.4) is 0 Å². The smallest absolute Gasteiger partial charge is 0.182 e. The summed E-state index contributed by atoms with van der Waals surface area (Å²) >= 11 is 11.6. The molecule has 2 aromatic carbocycles. The van der Waals surface area contributed by atoms with Gasteiger partial charge in [0.15, 0.2) is 9.84 Å². The molecule has 0 bridgehead atoms. The van der Waals surface area contributed by atoms with E-state index >= 15 is 0 Å². The highest BCUT2D eigenvalue weighted by atomic mass is 35.5. The van der Waals surface area contributed by atoms with Gasteiger partial charge in [-0.15, -0.1) is 0 Å². The van der Waals surface area contributed by atoms with Crippen LogP contribution in [-0.2, 0) is 15.6 Å². The fraction of sp³-hybridized carbons (Fsp3) is 0.143. The Balaban J connectivity index is 2.47. The highest BCUT2D eigenvalue weighted by Crippen LogP contribution is 2.33. The Kier molecular flexibility index (Phi) is 4.28. The SMILES string of the molecule is Cc1ccccc1S(=O)(=O)Cc1cc(Cl)cc(Cl)c1O. The number of sulfone groups is 1. The summed E-state index contributed by atoms with van der Waals surface area (Å²) < 4.78 is 24.8. The molecule has 6 heteroatoms. The van der Waals surface area contributed by atoms with Crippen molar-refractivity contribution in [2.45, 2.75) is 17.6 Å². The number of hydrogen-bond donors (Lipinski definition) is 1. The van der Waals surface area contributed by atoms with E-state index in [-0.39, 0.29) is 32.0 Å². The van der Waals surface area contributed by atoms with E-state index in [1.807, 2.05) is 0 Å². The lowest BCUT2D eigenvalue weighted by molar-refractivity contribution is 0.470. The summed E-state index contributed by atoms with van der Waals surface area (Å²) in [5.41, 5.74) is 0.839. The fourth-order valence-corrected chi connectivity index (χ4v) is 4.08. The molecule has 0 fully saturated rings. The summed E-state index contributed by atoms with van der Waals surface area (Å²) in [6.07, 6.45) is 0. The molecule has 0 aliphatic heterocycles. The number of aromatic hydroxyl groups is 1. The topological polar surface area (TPSA) is 54.4 Å². The van der Waals surface area contributed by atoms with Crippen LogP contribution in [0, 0.1) is 6.92 Å². The zero-order valence-electron chi connectivity index (χ0n) is 10.6. The van der Waals surface area contributed by atoms with E-state index in [1.54, 1.807) is 25.1 Å². The molecule has 0 aromatic heterocycles. The second kappa shape index (κ2) is 5.64. The van der Waals surface area contributed by atoms with Gasteiger partial charge in [0.2, 0.25) is 0 Å². The van der Waals surface area contributed by atoms with Crippen molar-refractivity contribution in [3.63, 3.8) is 0 Å². The summed E-state index contributed by atoms with van der Waals surface area (Å²) in [5, 5.41) is 10.2. The number of phenols is 1. The molecule has 0 atom stereocenters. The van der Waals surface area contributed by atoms with Gasteiger partial charge in [-0.3, -0.25) is 0 Å². The Hall–Kier alpha value is -1.23. The molecule has 106 valence electrons. The lowest BCUT2D eigenvalue weighted by Gasteiger charge is -2.10. The van der Waals surface area contributed by atoms with Crippen LogP contribution >= 0.6 is 23.2 Å². The van der Waals surface area contributed by atoms with E-state index in [1.165, 1.54) is 18.2 Å². The van der Waals surface area contributed by atoms with Crippen molar-refractivity contribution in [2.24, 2.45) is 0 Å². The highest BCUT2D eigenvalue weighted by Gasteiger charge is 2.20. The molecule has 0 unspecified atom stereocenters. The molecule has 20 heavy (non-hydrogen) atoms. The summed E-state index contributed by atoms with van der Waals surface area (Å²) in [6, 6.07) is 9.44. The Labute approximate surface area is 127 Å². The highest BCUT2D eigenvalue weighted by molar-refractivity contribution is 7.90. The van der Waals surface area contributed by atoms with Crippen molar-refractivity contribution in [3.05, 3.63) is 57.6 Å². The molecule has 0 spiro atoms. The van der Waals surface area contributed by atoms with Crippen LogP contribution in [0.1, 0.15) is 11.1 Å². The first kappa shape index (κ1) is 15.2. The minimum Gasteiger partial charge on any atom is -0.506 e. The van der Waals surface area contributed by atoms with Crippen LogP contribution in [0.15, 0.2) is 41.3 Å². The summed E-state index contributed by atoms with van der Waals surface area (Å²) in [5.74, 6) is -0.613. The molecule has 0 heterocycles. The van der Waals surface area contributed by atoms with Gasteiger partial charge in [0.1, 0.15) is 5.75 Å². The average Bonchev–Trinajstić information content (AvgIpc) is 2.35. The van der Waals surface area contributed by atoms with E-state index in [0.29, 0.717) is 5.56 Å². The maximum absolute atomic E-state index is 12.4. The van der Waals surface area contributed by atoms with E-state index in [9.17, 15) is 13.5 Å². The zero-order chi connectivity index (χ0) is 14.9. The largest absolute Gasteiger partial charge is 0.506 e. The number of halogens is 2. The second-order valence-electron chi connectivity index (χ2n) is 4.42. The van der Waals surface area contributed by atoms with Gasteiger partial charge in [-0.2, -0.15) is 0 Å². The molecular formula is C14H12Cl2O3S. The molecule has 2 rings (SSSR count). The van der Waals surface area contributed by atoms with Crippen LogP contribution in [0.2, 0.25) is 10.0 Å². The van der Waals surface area contributed by atoms with Crippen LogP contribution < -0.4 is 0 Å². The average molecular weight is 331 g/mol. The molecule has 1 N–H and O–H groups in total. The molecule has 0 aliphatic carbocycles. The lowest BCUT2D eigenvalue weighted by Crippen LogP contribution is -2.07. The van der Waals surface area contributed by atoms with Gasteiger partial charge in [0.25, 0.3) is 0 Å². The minimum atomic E-state index is -3.58. The van der Waals surface area contributed by atoms with E-state index < -0.39 is 9.84 Å². The molecule has 3 nitrogen and oxygen atoms in total. The van der Waals surface area contributed by atoms with Gasteiger partial charge in [-0.1, -0.05) is 41.4 Å². The Morgan fingerprint density at radius 3 is 2.45 bits per heavy atom. The molecule has 0 radical (unpaired) electrons. The number of aryl methyl sites for hydroxylation is 1. The van der Waals surface area contributed by atoms with Crippen molar-refractivity contribution in [2.75, 3.05) is 0 Å². The quantitative estimate of drug-likeness (QED) is 0.925. The second-order valence-corrected chi connectivity index (χ2v) is 7.22. The van der Waals surface area contributed by atoms with Crippen LogP contribution in [0.4, 0.5) is 0 Å². The summed E-state index contributed by atoms with van der Waals surface area (Å²) in [4.78, 5) is 0.232. The van der Waals surface area contributed by atoms with Gasteiger partial charge >= 0.3 is 0 Å². The Morgan fingerprint density at radius 2 is 1.80 bits per heavy atom. The molecule has 0 saturated carbocycles. The van der Waals surface area contributed by atoms with Crippen LogP contribution in [-0.4, -0.2) is 13.5 Å². The van der Waals surface area contributed by atoms with Crippen molar-refractivity contribution < 1.29 is 13.5 Å². The Morgan fingerprint density at radius 1 is 1.15 bits per heavy atom. The number of rotatable bonds is 3. The third kappa shape index (κ3) is 3.08. The van der Waals surface area contributed by atoms with Gasteiger partial charge < -0.3 is 5.11 Å². The van der Waals surface area contributed by atoms with Gasteiger partial charge in [-0.05, 0) is 30.7 Å². The maximum Gasteiger partial charge on any atom is 0.182 e. The maximum atomic E-state index is 12.4. The molecule has 0 amide bonds. The number of hydrogen-bond acceptors (Lipinski definition) is 3. The van der Waals surface area contributed by atoms with Crippen molar-refractivity contribution >= 4 is 33.0 Å². The molecular weight excluding hydrogens is 319 g/mol. The third-order valence-electron chi connectivity index (χ3n) is 2.88. The van der Waals surface area contributed by atoms with Crippen molar-refractivity contribution in [1.82, 2.24) is 0 Å². The number of benzene rings is 2. The van der Waals surface area contributed by atoms with Crippen molar-refractivity contribution in [3.8, 4) is 5.75 Å². The normalized spacial score (nSPS) is 11.6. The van der Waals surface area contributed by atoms with Gasteiger partial charge in [0, 0.05) is 10.6 Å². The first-order valence-electron chi connectivity index (χ1n) is 5.76. The van der Waals surface area contributed by atoms with Gasteiger partial charge in [-0.25, -0.2) is 8.42 Å². The first-order valence-corrected chi connectivity index (χ1v) is 8.17. The molecule has 0 saturated heterocycles. The van der Waals surface area contributed by atoms with Crippen LogP contribution in [0.25, 0.3) is 0 Å². The standard InChI is InChI=1S/C14H12Cl2O3S/c1-9-4-2-3-5-13(9)20(18,19)8-10-6-11(15)7-12(16)14(10)17/h2-7,17H,8H2,1H3. The predicted octanol–water partition coefficient (Wildman–Crippen LogP) is 3.98. The first-order chi connectivity index (χ1) is 9.31. The van der Waals surface area contributed by atoms with E-state index in [2.05, 4.69) is 0 Å². The predicted molar refractivity (Wildman–Crippen MR) is 80.2 cm³/mol. The Bertz CT molecular complexity index is 755. The van der Waals surface area contributed by atoms with Crippen LogP contribution in [0.5, 0.6) is 5.75 Å². The van der Waals surface area contributed by atoms with Crippen molar-refractivity contribution in [1.29, 1.82) is 0 Å². The number of phenolic OH excluding ortho intramolecular Hbond substituents is 1. The van der Waals surface area contributed by atoms with E-state index in [0.717, 1.165) is 0 Å². The third-order valence-corrected chi connectivity index (χ3v) is 5.21. The monoisotopic (exact) mass is 330 g/mol. The fourth-order valence-electron chi connectivity index (χ4n) is 1.92. The van der Waals surface area contributed by atoms with E-state index in [4.69, 9.17) is 23.2 Å². The summed E-state index contributed by atoms with van der Waals surface area (Å²) in [7, 11) is -3.58. The zero-order valence-corrected chi connectivity index (χ0v) is 12.9. The molecule has 0 aliphatic rings. The summed E-state index contributed by atoms with van der Waals surface area (Å²) in [6.45, 7) is 1.72.